The third kappa shape index (κ3) is 8.33. The molecule has 3 rings (SSSR count). The zero-order valence-electron chi connectivity index (χ0n) is 28.7. The Hall–Kier alpha value is -2.33. The molecule has 0 bridgehead atoms. The van der Waals surface area contributed by atoms with Crippen molar-refractivity contribution >= 4 is 30.3 Å². The zero-order chi connectivity index (χ0) is 36.6. The molecular weight excluding hydrogens is 684 g/mol. The Morgan fingerprint density at radius 1 is 0.958 bits per heavy atom. The first-order chi connectivity index (χ1) is 22.0. The number of ether oxygens (including phenoxy) is 1. The standard InChI is InChI=1S/C32H47F6NO7SSi/c1-9-48(10-2,11-3)46-28(29(40)44-25-16-19(6)12-13-22(25)18(4)5)26-20(7)23-14-15-39(30(41)31(33,34)35)17-24(23)21(8)27(26)45-47(42,43)32(36,37)38/h18-19,22,25,28H,9-17H2,1-8H3/t19-,22+,25-,28?/m1/s1. The van der Waals surface area contributed by atoms with Crippen molar-refractivity contribution in [1.29, 1.82) is 0 Å². The highest BCUT2D eigenvalue weighted by atomic mass is 32.2. The topological polar surface area (TPSA) is 99.2 Å². The summed E-state index contributed by atoms with van der Waals surface area (Å²) in [5, 5.41) is 0. The minimum absolute atomic E-state index is 0.00109. The monoisotopic (exact) mass is 731 g/mol. The van der Waals surface area contributed by atoms with Gasteiger partial charge in [-0.05, 0) is 91.2 Å². The molecule has 0 saturated heterocycles. The number of carbonyl (C=O) groups is 2. The predicted molar refractivity (Wildman–Crippen MR) is 169 cm³/mol. The van der Waals surface area contributed by atoms with E-state index in [9.17, 15) is 44.3 Å². The van der Waals surface area contributed by atoms with Crippen LogP contribution in [0.4, 0.5) is 26.3 Å². The number of alkyl halides is 6. The third-order valence-electron chi connectivity index (χ3n) is 10.3. The molecule has 0 N–H and O–H groups in total. The number of rotatable bonds is 11. The van der Waals surface area contributed by atoms with Gasteiger partial charge in [0, 0.05) is 18.7 Å². The van der Waals surface area contributed by atoms with Gasteiger partial charge in [0.1, 0.15) is 6.10 Å². The highest BCUT2D eigenvalue weighted by Crippen LogP contribution is 2.46. The number of hydrogen-bond acceptors (Lipinski definition) is 7. The van der Waals surface area contributed by atoms with Crippen LogP contribution in [0.2, 0.25) is 18.1 Å². The smallest absolute Gasteiger partial charge is 0.460 e. The molecule has 1 unspecified atom stereocenters. The quantitative estimate of drug-likeness (QED) is 0.0747. The second kappa shape index (κ2) is 14.9. The number of halogens is 6. The van der Waals surface area contributed by atoms with Gasteiger partial charge in [-0.2, -0.15) is 34.8 Å². The molecule has 1 aromatic rings. The van der Waals surface area contributed by atoms with Gasteiger partial charge in [-0.3, -0.25) is 4.79 Å². The van der Waals surface area contributed by atoms with Gasteiger partial charge in [0.15, 0.2) is 20.2 Å². The van der Waals surface area contributed by atoms with E-state index in [-0.39, 0.29) is 53.0 Å². The molecule has 0 spiro atoms. The van der Waals surface area contributed by atoms with Crippen molar-refractivity contribution in [1.82, 2.24) is 4.90 Å². The van der Waals surface area contributed by atoms with Crippen molar-refractivity contribution < 1.29 is 57.7 Å². The third-order valence-corrected chi connectivity index (χ3v) is 15.8. The number of fused-ring (bicyclic) bond motifs is 1. The molecule has 0 radical (unpaired) electrons. The summed E-state index contributed by atoms with van der Waals surface area (Å²) in [6, 6.07) is 1.56. The summed E-state index contributed by atoms with van der Waals surface area (Å²) >= 11 is 0. The molecule has 1 saturated carbocycles. The van der Waals surface area contributed by atoms with Gasteiger partial charge in [-0.15, -0.1) is 0 Å². The van der Waals surface area contributed by atoms with Crippen molar-refractivity contribution in [3.05, 3.63) is 27.8 Å². The maximum atomic E-state index is 14.4. The van der Waals surface area contributed by atoms with Gasteiger partial charge in [0.2, 0.25) is 0 Å². The number of carbonyl (C=O) groups excluding carboxylic acids is 2. The Balaban J connectivity index is 2.32. The molecule has 16 heteroatoms. The molecule has 8 nitrogen and oxygen atoms in total. The van der Waals surface area contributed by atoms with Crippen LogP contribution in [0.1, 0.15) is 94.7 Å². The first-order valence-electron chi connectivity index (χ1n) is 16.4. The lowest BCUT2D eigenvalue weighted by atomic mass is 9.75. The average Bonchev–Trinajstić information content (AvgIpc) is 2.99. The first-order valence-corrected chi connectivity index (χ1v) is 20.4. The summed E-state index contributed by atoms with van der Waals surface area (Å²) in [6.07, 6.45) is -5.28. The molecule has 1 aliphatic heterocycles. The lowest BCUT2D eigenvalue weighted by Gasteiger charge is -2.39. The summed E-state index contributed by atoms with van der Waals surface area (Å²) in [7, 11) is -9.11. The number of esters is 1. The highest BCUT2D eigenvalue weighted by Gasteiger charge is 2.51. The van der Waals surface area contributed by atoms with Crippen LogP contribution in [0, 0.1) is 31.6 Å². The molecule has 48 heavy (non-hydrogen) atoms. The van der Waals surface area contributed by atoms with E-state index in [1.807, 2.05) is 41.5 Å². The van der Waals surface area contributed by atoms with Crippen molar-refractivity contribution in [3.8, 4) is 5.75 Å². The Bertz CT molecular complexity index is 1450. The summed E-state index contributed by atoms with van der Waals surface area (Å²) in [5.41, 5.74) is -5.87. The highest BCUT2D eigenvalue weighted by molar-refractivity contribution is 7.88. The molecular formula is C32H47F6NO7SSi. The van der Waals surface area contributed by atoms with Crippen molar-refractivity contribution in [2.45, 2.75) is 130 Å². The van der Waals surface area contributed by atoms with Crippen molar-refractivity contribution in [3.63, 3.8) is 0 Å². The van der Waals surface area contributed by atoms with Crippen LogP contribution >= 0.6 is 0 Å². The Morgan fingerprint density at radius 2 is 1.54 bits per heavy atom. The Kier molecular flexibility index (Phi) is 12.4. The van der Waals surface area contributed by atoms with E-state index in [1.165, 1.54) is 13.8 Å². The van der Waals surface area contributed by atoms with Crippen LogP contribution < -0.4 is 4.18 Å². The van der Waals surface area contributed by atoms with Gasteiger partial charge in [-0.25, -0.2) is 4.79 Å². The fraction of sp³-hybridized carbons (Fsp3) is 0.750. The maximum Gasteiger partial charge on any atom is 0.534 e. The van der Waals surface area contributed by atoms with Gasteiger partial charge in [0.05, 0.1) is 0 Å². The Morgan fingerprint density at radius 3 is 2.04 bits per heavy atom. The van der Waals surface area contributed by atoms with E-state index in [1.54, 1.807) is 0 Å². The second-order valence-corrected chi connectivity index (χ2v) is 19.7. The molecule has 1 aliphatic carbocycles. The second-order valence-electron chi connectivity index (χ2n) is 13.5. The fourth-order valence-electron chi connectivity index (χ4n) is 7.06. The zero-order valence-corrected chi connectivity index (χ0v) is 30.5. The van der Waals surface area contributed by atoms with Crippen molar-refractivity contribution in [2.75, 3.05) is 6.54 Å². The van der Waals surface area contributed by atoms with Crippen LogP contribution in [-0.4, -0.2) is 57.8 Å². The van der Waals surface area contributed by atoms with Gasteiger partial charge < -0.3 is 18.2 Å². The van der Waals surface area contributed by atoms with E-state index in [0.717, 1.165) is 12.8 Å². The van der Waals surface area contributed by atoms with E-state index in [2.05, 4.69) is 0 Å². The van der Waals surface area contributed by atoms with E-state index in [4.69, 9.17) is 13.3 Å². The summed E-state index contributed by atoms with van der Waals surface area (Å²) in [4.78, 5) is 27.0. The minimum atomic E-state index is -6.32. The maximum absolute atomic E-state index is 14.4. The summed E-state index contributed by atoms with van der Waals surface area (Å²) < 4.78 is 124. The van der Waals surface area contributed by atoms with Crippen LogP contribution in [0.25, 0.3) is 0 Å². The van der Waals surface area contributed by atoms with Gasteiger partial charge in [-0.1, -0.05) is 48.0 Å². The number of benzene rings is 1. The van der Waals surface area contributed by atoms with E-state index >= 15 is 0 Å². The number of nitrogens with zero attached hydrogens (tertiary/aromatic N) is 1. The molecule has 274 valence electrons. The van der Waals surface area contributed by atoms with Gasteiger partial charge in [0.25, 0.3) is 0 Å². The van der Waals surface area contributed by atoms with E-state index in [0.29, 0.717) is 35.0 Å². The molecule has 1 heterocycles. The fourth-order valence-corrected chi connectivity index (χ4v) is 10.3. The van der Waals surface area contributed by atoms with E-state index < -0.39 is 66.5 Å². The predicted octanol–water partition coefficient (Wildman–Crippen LogP) is 8.05. The van der Waals surface area contributed by atoms with Crippen molar-refractivity contribution in [2.24, 2.45) is 17.8 Å². The summed E-state index contributed by atoms with van der Waals surface area (Å²) in [5.74, 6) is -3.52. The van der Waals surface area contributed by atoms with Gasteiger partial charge >= 0.3 is 33.7 Å². The molecule has 1 amide bonds. The minimum Gasteiger partial charge on any atom is -0.460 e. The van der Waals surface area contributed by atoms with Crippen LogP contribution in [0.3, 0.4) is 0 Å². The van der Waals surface area contributed by atoms with Crippen LogP contribution in [0.5, 0.6) is 5.75 Å². The lowest BCUT2D eigenvalue weighted by Crippen LogP contribution is -2.44. The average molecular weight is 732 g/mol. The largest absolute Gasteiger partial charge is 0.534 e. The van der Waals surface area contributed by atoms with Crippen LogP contribution in [0.15, 0.2) is 0 Å². The molecule has 2 aliphatic rings. The normalized spacial score (nSPS) is 21.6. The van der Waals surface area contributed by atoms with Crippen LogP contribution in [-0.2, 0) is 41.8 Å². The molecule has 1 fully saturated rings. The molecule has 4 atom stereocenters. The molecule has 1 aromatic carbocycles. The SMILES string of the molecule is CC[Si](CC)(CC)OC(C(=O)O[C@@H]1C[C@H](C)CC[C@H]1C(C)C)c1c(C)c2c(c(C)c1OS(=O)(=O)C(F)(F)F)CN(C(=O)C(F)(F)F)CC2. The Labute approximate surface area is 280 Å². The lowest BCUT2D eigenvalue weighted by molar-refractivity contribution is -0.186. The first kappa shape index (κ1) is 40.1. The molecule has 0 aromatic heterocycles. The number of amides is 1. The number of hydrogen-bond donors (Lipinski definition) is 0. The summed E-state index contributed by atoms with van der Waals surface area (Å²) in [6.45, 7) is 13.3.